The fraction of sp³-hybridized carbons (Fsp3) is 0.600. The number of halogens is 1. The summed E-state index contributed by atoms with van der Waals surface area (Å²) in [4.78, 5) is 30.0. The number of piperazine rings is 1. The van der Waals surface area contributed by atoms with E-state index in [1.54, 1.807) is 12.1 Å². The highest BCUT2D eigenvalue weighted by Crippen LogP contribution is 2.22. The van der Waals surface area contributed by atoms with Gasteiger partial charge in [0.25, 0.3) is 0 Å². The lowest BCUT2D eigenvalue weighted by Crippen LogP contribution is -2.50. The van der Waals surface area contributed by atoms with E-state index in [0.29, 0.717) is 30.9 Å². The summed E-state index contributed by atoms with van der Waals surface area (Å²) in [7, 11) is 0. The second-order valence-electron chi connectivity index (χ2n) is 7.28. The first-order chi connectivity index (χ1) is 12.5. The van der Waals surface area contributed by atoms with E-state index in [9.17, 15) is 14.0 Å². The molecule has 0 saturated carbocycles. The number of benzene rings is 1. The van der Waals surface area contributed by atoms with Gasteiger partial charge < -0.3 is 9.80 Å². The molecule has 1 aromatic rings. The maximum Gasteiger partial charge on any atom is 0.236 e. The topological polar surface area (TPSA) is 43.9 Å². The third-order valence-corrected chi connectivity index (χ3v) is 5.38. The lowest BCUT2D eigenvalue weighted by atomic mass is 10.1. The summed E-state index contributed by atoms with van der Waals surface area (Å²) in [5, 5.41) is 0. The zero-order valence-corrected chi connectivity index (χ0v) is 15.5. The summed E-state index contributed by atoms with van der Waals surface area (Å²) in [6, 6.07) is 4.67. The quantitative estimate of drug-likeness (QED) is 0.773. The molecule has 5 nitrogen and oxygen atoms in total. The molecule has 0 unspecified atom stereocenters. The normalized spacial score (nSPS) is 19.3. The van der Waals surface area contributed by atoms with Crippen molar-refractivity contribution in [2.45, 2.75) is 32.6 Å². The van der Waals surface area contributed by atoms with Crippen LogP contribution in [0, 0.1) is 5.82 Å². The zero-order valence-electron chi connectivity index (χ0n) is 15.5. The molecular weight excluding hydrogens is 333 g/mol. The Balaban J connectivity index is 1.52. The fourth-order valence-corrected chi connectivity index (χ4v) is 3.74. The third-order valence-electron chi connectivity index (χ3n) is 5.38. The molecule has 2 fully saturated rings. The van der Waals surface area contributed by atoms with Crippen LogP contribution < -0.4 is 4.90 Å². The molecule has 1 aromatic carbocycles. The number of Topliss-reactive ketones (excluding diaryl/α,β-unsaturated/α-hetero) is 1. The maximum absolute atomic E-state index is 14.3. The molecule has 6 heteroatoms. The van der Waals surface area contributed by atoms with Crippen LogP contribution in [0.1, 0.15) is 43.0 Å². The Bertz CT molecular complexity index is 648. The van der Waals surface area contributed by atoms with E-state index in [2.05, 4.69) is 4.90 Å². The second-order valence-corrected chi connectivity index (χ2v) is 7.28. The van der Waals surface area contributed by atoms with Crippen LogP contribution in [0.3, 0.4) is 0 Å². The van der Waals surface area contributed by atoms with Gasteiger partial charge in [0.1, 0.15) is 5.82 Å². The van der Waals surface area contributed by atoms with Crippen molar-refractivity contribution in [3.63, 3.8) is 0 Å². The number of likely N-dealkylation sites (tertiary alicyclic amines) is 1. The molecule has 0 atom stereocenters. The number of rotatable bonds is 4. The molecule has 2 aliphatic rings. The van der Waals surface area contributed by atoms with E-state index in [0.717, 1.165) is 39.0 Å². The monoisotopic (exact) mass is 361 g/mol. The number of hydrogen-bond donors (Lipinski definition) is 0. The molecule has 0 aromatic heterocycles. The van der Waals surface area contributed by atoms with Crippen molar-refractivity contribution in [1.82, 2.24) is 9.80 Å². The summed E-state index contributed by atoms with van der Waals surface area (Å²) in [5.41, 5.74) is 0.932. The van der Waals surface area contributed by atoms with Gasteiger partial charge in [0.05, 0.1) is 12.2 Å². The predicted octanol–water partition coefficient (Wildman–Crippen LogP) is 2.55. The SMILES string of the molecule is CC(=O)c1ccc(N2CCN(CC(=O)N3CCCCCC3)CC2)c(F)c1. The zero-order chi connectivity index (χ0) is 18.5. The smallest absolute Gasteiger partial charge is 0.236 e. The molecule has 2 aliphatic heterocycles. The Kier molecular flexibility index (Phi) is 6.25. The van der Waals surface area contributed by atoms with Crippen molar-refractivity contribution < 1.29 is 14.0 Å². The molecule has 0 N–H and O–H groups in total. The fourth-order valence-electron chi connectivity index (χ4n) is 3.74. The minimum atomic E-state index is -0.355. The van der Waals surface area contributed by atoms with E-state index in [1.165, 1.54) is 25.8 Å². The van der Waals surface area contributed by atoms with E-state index >= 15 is 0 Å². The van der Waals surface area contributed by atoms with Gasteiger partial charge in [-0.3, -0.25) is 14.5 Å². The first-order valence-electron chi connectivity index (χ1n) is 9.60. The highest BCUT2D eigenvalue weighted by Gasteiger charge is 2.23. The number of ketones is 1. The summed E-state index contributed by atoms with van der Waals surface area (Å²) >= 11 is 0. The number of carbonyl (C=O) groups excluding carboxylic acids is 2. The molecule has 2 heterocycles. The molecule has 0 radical (unpaired) electrons. The number of amides is 1. The van der Waals surface area contributed by atoms with Crippen LogP contribution in [0.25, 0.3) is 0 Å². The van der Waals surface area contributed by atoms with Gasteiger partial charge in [0.2, 0.25) is 5.91 Å². The Morgan fingerprint density at radius 3 is 2.19 bits per heavy atom. The summed E-state index contributed by atoms with van der Waals surface area (Å²) in [5.74, 6) is -0.267. The number of hydrogen-bond acceptors (Lipinski definition) is 4. The highest BCUT2D eigenvalue weighted by atomic mass is 19.1. The van der Waals surface area contributed by atoms with Gasteiger partial charge in [-0.05, 0) is 38.0 Å². The van der Waals surface area contributed by atoms with Gasteiger partial charge in [-0.1, -0.05) is 12.8 Å². The van der Waals surface area contributed by atoms with Gasteiger partial charge in [-0.2, -0.15) is 0 Å². The number of anilines is 1. The van der Waals surface area contributed by atoms with Crippen molar-refractivity contribution in [1.29, 1.82) is 0 Å². The number of carbonyl (C=O) groups is 2. The van der Waals surface area contributed by atoms with Crippen LogP contribution >= 0.6 is 0 Å². The van der Waals surface area contributed by atoms with Crippen molar-refractivity contribution in [2.75, 3.05) is 50.7 Å². The molecule has 26 heavy (non-hydrogen) atoms. The van der Waals surface area contributed by atoms with E-state index in [1.807, 2.05) is 9.80 Å². The van der Waals surface area contributed by atoms with Crippen molar-refractivity contribution in [3.8, 4) is 0 Å². The number of nitrogens with zero attached hydrogens (tertiary/aromatic N) is 3. The molecule has 1 amide bonds. The summed E-state index contributed by atoms with van der Waals surface area (Å²) in [6.45, 7) is 6.52. The van der Waals surface area contributed by atoms with Crippen molar-refractivity contribution in [3.05, 3.63) is 29.6 Å². The third kappa shape index (κ3) is 4.61. The van der Waals surface area contributed by atoms with Crippen LogP contribution in [0.2, 0.25) is 0 Å². The molecule has 2 saturated heterocycles. The standard InChI is InChI=1S/C20H28FN3O2/c1-16(25)17-6-7-19(18(21)14-17)23-12-10-22(11-13-23)15-20(26)24-8-4-2-3-5-9-24/h6-7,14H,2-5,8-13,15H2,1H3. The summed E-state index contributed by atoms with van der Waals surface area (Å²) in [6.07, 6.45) is 4.65. The van der Waals surface area contributed by atoms with E-state index < -0.39 is 0 Å². The molecule has 0 bridgehead atoms. The molecule has 0 aliphatic carbocycles. The average Bonchev–Trinajstić information content (AvgIpc) is 2.92. The Labute approximate surface area is 154 Å². The first kappa shape index (κ1) is 18.8. The van der Waals surface area contributed by atoms with Crippen LogP contribution in [-0.4, -0.2) is 67.3 Å². The molecule has 0 spiro atoms. The Morgan fingerprint density at radius 2 is 1.62 bits per heavy atom. The highest BCUT2D eigenvalue weighted by molar-refractivity contribution is 5.94. The van der Waals surface area contributed by atoms with Crippen molar-refractivity contribution >= 4 is 17.4 Å². The lowest BCUT2D eigenvalue weighted by Gasteiger charge is -2.36. The average molecular weight is 361 g/mol. The predicted molar refractivity (Wildman–Crippen MR) is 100 cm³/mol. The van der Waals surface area contributed by atoms with Gasteiger partial charge >= 0.3 is 0 Å². The maximum atomic E-state index is 14.3. The minimum absolute atomic E-state index is 0.132. The van der Waals surface area contributed by atoms with E-state index in [4.69, 9.17) is 0 Å². The van der Waals surface area contributed by atoms with Gasteiger partial charge in [0.15, 0.2) is 5.78 Å². The second kappa shape index (κ2) is 8.62. The van der Waals surface area contributed by atoms with Gasteiger partial charge in [0, 0.05) is 44.8 Å². The van der Waals surface area contributed by atoms with Crippen LogP contribution in [-0.2, 0) is 4.79 Å². The molecule has 3 rings (SSSR count). The Morgan fingerprint density at radius 1 is 0.962 bits per heavy atom. The van der Waals surface area contributed by atoms with E-state index in [-0.39, 0.29) is 17.5 Å². The van der Waals surface area contributed by atoms with Crippen LogP contribution in [0.15, 0.2) is 18.2 Å². The van der Waals surface area contributed by atoms with Crippen molar-refractivity contribution in [2.24, 2.45) is 0 Å². The minimum Gasteiger partial charge on any atom is -0.367 e. The first-order valence-corrected chi connectivity index (χ1v) is 9.60. The molecular formula is C20H28FN3O2. The van der Waals surface area contributed by atoms with Gasteiger partial charge in [-0.15, -0.1) is 0 Å². The van der Waals surface area contributed by atoms with Crippen LogP contribution in [0.4, 0.5) is 10.1 Å². The van der Waals surface area contributed by atoms with Crippen LogP contribution in [0.5, 0.6) is 0 Å². The summed E-state index contributed by atoms with van der Waals surface area (Å²) < 4.78 is 14.3. The lowest BCUT2D eigenvalue weighted by molar-refractivity contribution is -0.132. The Hall–Kier alpha value is -1.95. The van der Waals surface area contributed by atoms with Gasteiger partial charge in [-0.25, -0.2) is 4.39 Å². The largest absolute Gasteiger partial charge is 0.367 e. The molecule has 142 valence electrons.